The summed E-state index contributed by atoms with van der Waals surface area (Å²) in [5.74, 6) is -2.07. The van der Waals surface area contributed by atoms with Crippen molar-refractivity contribution in [1.29, 1.82) is 0 Å². The van der Waals surface area contributed by atoms with Gasteiger partial charge in [-0.15, -0.1) is 0 Å². The molecule has 7 heteroatoms. The fourth-order valence-corrected chi connectivity index (χ4v) is 2.56. The van der Waals surface area contributed by atoms with Gasteiger partial charge < -0.3 is 9.84 Å². The largest absolute Gasteiger partial charge is 0.480 e. The van der Waals surface area contributed by atoms with E-state index in [1.54, 1.807) is 0 Å². The van der Waals surface area contributed by atoms with Crippen molar-refractivity contribution in [1.82, 2.24) is 4.31 Å². The van der Waals surface area contributed by atoms with E-state index in [4.69, 9.17) is 9.84 Å². The van der Waals surface area contributed by atoms with Gasteiger partial charge in [-0.2, -0.15) is 4.31 Å². The first kappa shape index (κ1) is 15.3. The highest BCUT2D eigenvalue weighted by Gasteiger charge is 2.25. The van der Waals surface area contributed by atoms with Crippen molar-refractivity contribution in [3.63, 3.8) is 0 Å². The molecule has 0 aromatic rings. The average Bonchev–Trinajstić information content (AvgIpc) is 2.09. The first-order valence-corrected chi connectivity index (χ1v) is 6.59. The van der Waals surface area contributed by atoms with Crippen LogP contribution in [0.1, 0.15) is 13.8 Å². The number of ether oxygens (including phenoxy) is 1. The lowest BCUT2D eigenvalue weighted by atomic mass is 10.2. The number of hydrogen-bond acceptors (Lipinski definition) is 4. The number of aliphatic carboxylic acids is 1. The third-order valence-corrected chi connectivity index (χ3v) is 3.54. The van der Waals surface area contributed by atoms with Gasteiger partial charge in [0.05, 0.1) is 6.61 Å². The van der Waals surface area contributed by atoms with E-state index in [0.717, 1.165) is 4.31 Å². The molecule has 0 fully saturated rings. The van der Waals surface area contributed by atoms with E-state index in [2.05, 4.69) is 0 Å². The van der Waals surface area contributed by atoms with Crippen LogP contribution in [0.15, 0.2) is 0 Å². The highest BCUT2D eigenvalue weighted by atomic mass is 32.2. The topological polar surface area (TPSA) is 83.9 Å². The Morgan fingerprint density at radius 3 is 2.38 bits per heavy atom. The summed E-state index contributed by atoms with van der Waals surface area (Å²) in [6.07, 6.45) is 0. The molecule has 0 bridgehead atoms. The molecule has 0 aliphatic carbocycles. The van der Waals surface area contributed by atoms with Crippen molar-refractivity contribution in [3.8, 4) is 0 Å². The third kappa shape index (κ3) is 6.04. The summed E-state index contributed by atoms with van der Waals surface area (Å²) in [5.41, 5.74) is 0. The zero-order chi connectivity index (χ0) is 12.8. The molecule has 0 aliphatic heterocycles. The standard InChI is InChI=1S/C9H19NO5S/c1-8(2)6-10(4-5-15-3)16(13,14)7-9(11)12/h8H,4-7H2,1-3H3,(H,11,12). The molecule has 0 unspecified atom stereocenters. The molecule has 0 aromatic heterocycles. The second-order valence-corrected chi connectivity index (χ2v) is 5.86. The van der Waals surface area contributed by atoms with Gasteiger partial charge in [0, 0.05) is 20.2 Å². The van der Waals surface area contributed by atoms with Crippen molar-refractivity contribution < 1.29 is 23.1 Å². The first-order chi connectivity index (χ1) is 7.29. The van der Waals surface area contributed by atoms with Gasteiger partial charge in [-0.25, -0.2) is 8.42 Å². The Hall–Kier alpha value is -0.660. The maximum Gasteiger partial charge on any atom is 0.320 e. The summed E-state index contributed by atoms with van der Waals surface area (Å²) in [4.78, 5) is 10.4. The van der Waals surface area contributed by atoms with Gasteiger partial charge in [-0.3, -0.25) is 4.79 Å². The number of nitrogens with zero attached hydrogens (tertiary/aromatic N) is 1. The lowest BCUT2D eigenvalue weighted by Crippen LogP contribution is -2.39. The van der Waals surface area contributed by atoms with E-state index in [1.807, 2.05) is 13.8 Å². The minimum atomic E-state index is -3.74. The number of sulfonamides is 1. The lowest BCUT2D eigenvalue weighted by Gasteiger charge is -2.22. The molecule has 1 N–H and O–H groups in total. The van der Waals surface area contributed by atoms with Crippen molar-refractivity contribution in [2.75, 3.05) is 32.6 Å². The minimum Gasteiger partial charge on any atom is -0.480 e. The van der Waals surface area contributed by atoms with Gasteiger partial charge in [-0.05, 0) is 5.92 Å². The predicted molar refractivity (Wildman–Crippen MR) is 59.7 cm³/mol. The van der Waals surface area contributed by atoms with Gasteiger partial charge in [0.25, 0.3) is 0 Å². The molecule has 0 atom stereocenters. The maximum absolute atomic E-state index is 11.7. The van der Waals surface area contributed by atoms with Crippen LogP contribution in [0.3, 0.4) is 0 Å². The average molecular weight is 253 g/mol. The molecule has 0 saturated heterocycles. The van der Waals surface area contributed by atoms with Crippen molar-refractivity contribution in [2.45, 2.75) is 13.8 Å². The molecule has 96 valence electrons. The molecule has 16 heavy (non-hydrogen) atoms. The van der Waals surface area contributed by atoms with Crippen LogP contribution in [0, 0.1) is 5.92 Å². The van der Waals surface area contributed by atoms with Crippen LogP contribution in [0.2, 0.25) is 0 Å². The fraction of sp³-hybridized carbons (Fsp3) is 0.889. The van der Waals surface area contributed by atoms with Crippen molar-refractivity contribution in [3.05, 3.63) is 0 Å². The second kappa shape index (κ2) is 6.82. The smallest absolute Gasteiger partial charge is 0.320 e. The number of carboxylic acid groups (broad SMARTS) is 1. The lowest BCUT2D eigenvalue weighted by molar-refractivity contribution is -0.134. The zero-order valence-electron chi connectivity index (χ0n) is 9.84. The molecule has 6 nitrogen and oxygen atoms in total. The van der Waals surface area contributed by atoms with E-state index >= 15 is 0 Å². The zero-order valence-corrected chi connectivity index (χ0v) is 10.7. The van der Waals surface area contributed by atoms with Crippen LogP contribution < -0.4 is 0 Å². The summed E-state index contributed by atoms with van der Waals surface area (Å²) in [5, 5.41) is 8.52. The van der Waals surface area contributed by atoms with Gasteiger partial charge in [0.15, 0.2) is 5.75 Å². The molecule has 0 heterocycles. The summed E-state index contributed by atoms with van der Waals surface area (Å²) in [7, 11) is -2.27. The van der Waals surface area contributed by atoms with Crippen LogP contribution in [-0.2, 0) is 19.6 Å². The van der Waals surface area contributed by atoms with Crippen LogP contribution in [0.4, 0.5) is 0 Å². The van der Waals surface area contributed by atoms with Gasteiger partial charge in [0.2, 0.25) is 10.0 Å². The minimum absolute atomic E-state index is 0.139. The number of methoxy groups -OCH3 is 1. The second-order valence-electron chi connectivity index (χ2n) is 3.89. The van der Waals surface area contributed by atoms with E-state index in [-0.39, 0.29) is 19.1 Å². The molecule has 0 spiro atoms. The molecule has 0 rings (SSSR count). The summed E-state index contributed by atoms with van der Waals surface area (Å²) >= 11 is 0. The van der Waals surface area contributed by atoms with Crippen LogP contribution >= 0.6 is 0 Å². The van der Waals surface area contributed by atoms with Crippen molar-refractivity contribution in [2.24, 2.45) is 5.92 Å². The predicted octanol–water partition coefficient (Wildman–Crippen LogP) is 0.00520. The molecule has 0 aliphatic rings. The van der Waals surface area contributed by atoms with E-state index in [1.165, 1.54) is 7.11 Å². The highest BCUT2D eigenvalue weighted by Crippen LogP contribution is 2.06. The number of carboxylic acids is 1. The van der Waals surface area contributed by atoms with Gasteiger partial charge in [0.1, 0.15) is 0 Å². The Balaban J connectivity index is 4.65. The quantitative estimate of drug-likeness (QED) is 0.658. The van der Waals surface area contributed by atoms with Gasteiger partial charge >= 0.3 is 5.97 Å². The summed E-state index contributed by atoms with van der Waals surface area (Å²) in [6.45, 7) is 4.49. The maximum atomic E-state index is 11.7. The Labute approximate surface area is 96.2 Å². The summed E-state index contributed by atoms with van der Waals surface area (Å²) < 4.78 is 29.3. The molecule has 0 aromatic carbocycles. The molecule has 0 radical (unpaired) electrons. The number of carbonyl (C=O) groups is 1. The monoisotopic (exact) mass is 253 g/mol. The Bertz CT molecular complexity index is 312. The normalized spacial score (nSPS) is 12.3. The SMILES string of the molecule is COCCN(CC(C)C)S(=O)(=O)CC(=O)O. The third-order valence-electron chi connectivity index (χ3n) is 1.81. The van der Waals surface area contributed by atoms with Gasteiger partial charge in [-0.1, -0.05) is 13.8 Å². The van der Waals surface area contributed by atoms with Crippen LogP contribution in [0.25, 0.3) is 0 Å². The molecule has 0 amide bonds. The van der Waals surface area contributed by atoms with Crippen LogP contribution in [-0.4, -0.2) is 56.4 Å². The first-order valence-electron chi connectivity index (χ1n) is 4.98. The Morgan fingerprint density at radius 2 is 2.00 bits per heavy atom. The fourth-order valence-electron chi connectivity index (χ4n) is 1.19. The van der Waals surface area contributed by atoms with Crippen molar-refractivity contribution >= 4 is 16.0 Å². The summed E-state index contributed by atoms with van der Waals surface area (Å²) in [6, 6.07) is 0. The van der Waals surface area contributed by atoms with E-state index in [0.29, 0.717) is 6.54 Å². The van der Waals surface area contributed by atoms with E-state index < -0.39 is 21.7 Å². The Kier molecular flexibility index (Phi) is 6.54. The molecule has 0 saturated carbocycles. The number of rotatable bonds is 8. The number of hydrogen-bond donors (Lipinski definition) is 1. The Morgan fingerprint density at radius 1 is 1.44 bits per heavy atom. The molecular formula is C9H19NO5S. The highest BCUT2D eigenvalue weighted by molar-refractivity contribution is 7.89. The molecular weight excluding hydrogens is 234 g/mol. The van der Waals surface area contributed by atoms with Crippen LogP contribution in [0.5, 0.6) is 0 Å². The van der Waals surface area contributed by atoms with E-state index in [9.17, 15) is 13.2 Å².